The Morgan fingerprint density at radius 3 is 2.50 bits per heavy atom. The molecule has 0 saturated carbocycles. The van der Waals surface area contributed by atoms with Gasteiger partial charge >= 0.3 is 0 Å². The Kier molecular flexibility index (Phi) is 6.95. The van der Waals surface area contributed by atoms with Gasteiger partial charge in [-0.1, -0.05) is 38.8 Å². The molecule has 2 aromatic rings. The van der Waals surface area contributed by atoms with Gasteiger partial charge in [0.25, 0.3) is 5.69 Å². The fourth-order valence-electron chi connectivity index (χ4n) is 4.84. The quantitative estimate of drug-likeness (QED) is 0.481. The van der Waals surface area contributed by atoms with Crippen molar-refractivity contribution in [2.75, 3.05) is 24.7 Å². The number of benzene rings is 2. The lowest BCUT2D eigenvalue weighted by Crippen LogP contribution is -2.42. The molecule has 174 valence electrons. The van der Waals surface area contributed by atoms with Crippen LogP contribution in [0.25, 0.3) is 0 Å². The molecule has 0 fully saturated rings. The van der Waals surface area contributed by atoms with Crippen molar-refractivity contribution in [3.05, 3.63) is 63.7 Å². The summed E-state index contributed by atoms with van der Waals surface area (Å²) in [6.07, 6.45) is 1.73. The first kappa shape index (κ1) is 24.2. The van der Waals surface area contributed by atoms with Crippen molar-refractivity contribution in [3.63, 3.8) is 0 Å². The van der Waals surface area contributed by atoms with E-state index in [2.05, 4.69) is 0 Å². The number of hydrogen-bond donors (Lipinski definition) is 1. The molecule has 0 bridgehead atoms. The molecule has 3 atom stereocenters. The Balaban J connectivity index is 2.34. The highest BCUT2D eigenvalue weighted by atomic mass is 32.2. The third-order valence-electron chi connectivity index (χ3n) is 6.77. The van der Waals surface area contributed by atoms with Gasteiger partial charge in [-0.05, 0) is 42.2 Å². The molecule has 32 heavy (non-hydrogen) atoms. The predicted octanol–water partition coefficient (Wildman–Crippen LogP) is 4.53. The van der Waals surface area contributed by atoms with Gasteiger partial charge in [0.1, 0.15) is 0 Å². The van der Waals surface area contributed by atoms with Crippen LogP contribution < -0.4 is 4.90 Å². The minimum atomic E-state index is -3.68. The van der Waals surface area contributed by atoms with E-state index in [0.29, 0.717) is 24.0 Å². The third kappa shape index (κ3) is 4.38. The van der Waals surface area contributed by atoms with E-state index < -0.39 is 32.2 Å². The number of unbranched alkanes of at least 4 members (excludes halogenated alkanes) is 1. The van der Waals surface area contributed by atoms with Gasteiger partial charge in [-0.3, -0.25) is 10.1 Å². The standard InChI is InChI=1S/C24H32N2O5S/c1-5-7-13-24(6-2)16-32(30,31)21-12-11-18(25(3)4)15-20(21)22(23(24)27)17-9-8-10-19(14-17)26(28)29/h8-12,14-15,22-23,27H,5-7,13,16H2,1-4H3/t22-,23-,24-/m0/s1. The summed E-state index contributed by atoms with van der Waals surface area (Å²) in [4.78, 5) is 13.0. The largest absolute Gasteiger partial charge is 0.392 e. The minimum Gasteiger partial charge on any atom is -0.392 e. The van der Waals surface area contributed by atoms with E-state index in [0.717, 1.165) is 18.5 Å². The van der Waals surface area contributed by atoms with E-state index in [1.807, 2.05) is 32.8 Å². The summed E-state index contributed by atoms with van der Waals surface area (Å²) in [5.41, 5.74) is 0.926. The number of nitro benzene ring substituents is 1. The van der Waals surface area contributed by atoms with Gasteiger partial charge in [-0.25, -0.2) is 8.42 Å². The van der Waals surface area contributed by atoms with Crippen molar-refractivity contribution in [1.29, 1.82) is 0 Å². The molecule has 8 heteroatoms. The average molecular weight is 461 g/mol. The Morgan fingerprint density at radius 1 is 1.19 bits per heavy atom. The highest BCUT2D eigenvalue weighted by Crippen LogP contribution is 2.49. The summed E-state index contributed by atoms with van der Waals surface area (Å²) >= 11 is 0. The molecule has 0 spiro atoms. The number of sulfone groups is 1. The van der Waals surface area contributed by atoms with Crippen LogP contribution in [0.2, 0.25) is 0 Å². The molecule has 0 aliphatic carbocycles. The first-order chi connectivity index (χ1) is 15.1. The van der Waals surface area contributed by atoms with E-state index in [9.17, 15) is 23.6 Å². The highest BCUT2D eigenvalue weighted by Gasteiger charge is 2.49. The number of nitro groups is 1. The lowest BCUT2D eigenvalue weighted by atomic mass is 9.69. The van der Waals surface area contributed by atoms with Crippen LogP contribution in [-0.4, -0.2) is 44.4 Å². The second kappa shape index (κ2) is 9.19. The van der Waals surface area contributed by atoms with Gasteiger partial charge in [0.15, 0.2) is 9.84 Å². The second-order valence-corrected chi connectivity index (χ2v) is 10.9. The second-order valence-electron chi connectivity index (χ2n) is 8.97. The third-order valence-corrected chi connectivity index (χ3v) is 8.77. The Hall–Kier alpha value is -2.45. The molecule has 1 N–H and O–H groups in total. The molecule has 0 radical (unpaired) electrons. The van der Waals surface area contributed by atoms with Crippen molar-refractivity contribution in [1.82, 2.24) is 0 Å². The van der Waals surface area contributed by atoms with E-state index in [4.69, 9.17) is 0 Å². The number of non-ortho nitro benzene ring substituents is 1. The van der Waals surface area contributed by atoms with Crippen molar-refractivity contribution in [3.8, 4) is 0 Å². The molecule has 1 heterocycles. The molecule has 0 aromatic heterocycles. The van der Waals surface area contributed by atoms with E-state index in [1.165, 1.54) is 12.1 Å². The number of hydrogen-bond acceptors (Lipinski definition) is 6. The zero-order chi connectivity index (χ0) is 23.7. The first-order valence-corrected chi connectivity index (χ1v) is 12.7. The van der Waals surface area contributed by atoms with Crippen LogP contribution in [0.1, 0.15) is 56.6 Å². The lowest BCUT2D eigenvalue weighted by Gasteiger charge is -2.39. The smallest absolute Gasteiger partial charge is 0.269 e. The minimum absolute atomic E-state index is 0.0808. The molecule has 0 unspecified atom stereocenters. The molecular formula is C24H32N2O5S. The monoisotopic (exact) mass is 460 g/mol. The maximum Gasteiger partial charge on any atom is 0.269 e. The Labute approximate surface area is 190 Å². The Bertz CT molecular complexity index is 1100. The van der Waals surface area contributed by atoms with Crippen LogP contribution in [-0.2, 0) is 9.84 Å². The first-order valence-electron chi connectivity index (χ1n) is 11.0. The van der Waals surface area contributed by atoms with Gasteiger partial charge in [-0.15, -0.1) is 0 Å². The van der Waals surface area contributed by atoms with E-state index in [-0.39, 0.29) is 16.3 Å². The van der Waals surface area contributed by atoms with Crippen molar-refractivity contribution in [2.45, 2.75) is 56.4 Å². The fourth-order valence-corrected chi connectivity index (χ4v) is 7.09. The molecule has 0 saturated heterocycles. The van der Waals surface area contributed by atoms with Gasteiger partial charge in [0.2, 0.25) is 0 Å². The number of rotatable bonds is 7. The summed E-state index contributed by atoms with van der Waals surface area (Å²) in [6.45, 7) is 3.96. The van der Waals surface area contributed by atoms with Crippen LogP contribution in [0.15, 0.2) is 47.4 Å². The van der Waals surface area contributed by atoms with Crippen LogP contribution >= 0.6 is 0 Å². The average Bonchev–Trinajstić information content (AvgIpc) is 2.83. The molecule has 1 aliphatic rings. The van der Waals surface area contributed by atoms with Crippen LogP contribution in [0.3, 0.4) is 0 Å². The van der Waals surface area contributed by atoms with Crippen molar-refractivity contribution in [2.24, 2.45) is 5.41 Å². The summed E-state index contributed by atoms with van der Waals surface area (Å²) in [6, 6.07) is 11.4. The van der Waals surface area contributed by atoms with Gasteiger partial charge in [0.05, 0.1) is 21.7 Å². The normalized spacial score (nSPS) is 24.4. The van der Waals surface area contributed by atoms with Gasteiger partial charge in [0, 0.05) is 43.2 Å². The zero-order valence-electron chi connectivity index (χ0n) is 19.1. The lowest BCUT2D eigenvalue weighted by molar-refractivity contribution is -0.384. The van der Waals surface area contributed by atoms with Crippen LogP contribution in [0.5, 0.6) is 0 Å². The molecule has 3 rings (SSSR count). The summed E-state index contributed by atoms with van der Waals surface area (Å²) in [7, 11) is 0.0450. The maximum absolute atomic E-state index is 13.6. The fraction of sp³-hybridized carbons (Fsp3) is 0.500. The maximum atomic E-state index is 13.6. The topological polar surface area (TPSA) is 101 Å². The van der Waals surface area contributed by atoms with E-state index in [1.54, 1.807) is 30.3 Å². The molecule has 2 aromatic carbocycles. The molecule has 1 aliphatic heterocycles. The molecule has 0 amide bonds. The zero-order valence-corrected chi connectivity index (χ0v) is 19.9. The van der Waals surface area contributed by atoms with Crippen LogP contribution in [0, 0.1) is 15.5 Å². The number of fused-ring (bicyclic) bond motifs is 1. The number of aliphatic hydroxyl groups excluding tert-OH is 1. The summed E-state index contributed by atoms with van der Waals surface area (Å²) in [5.74, 6) is -0.837. The number of nitrogens with zero attached hydrogens (tertiary/aromatic N) is 2. The molecular weight excluding hydrogens is 428 g/mol. The number of anilines is 1. The SMILES string of the molecule is CCCC[C@@]1(CC)CS(=O)(=O)c2ccc(N(C)C)cc2[C@H](c2cccc([N+](=O)[O-])c2)[C@@H]1O. The van der Waals surface area contributed by atoms with Crippen molar-refractivity contribution < 1.29 is 18.4 Å². The summed E-state index contributed by atoms with van der Waals surface area (Å²) < 4.78 is 27.2. The Morgan fingerprint density at radius 2 is 1.91 bits per heavy atom. The molecule has 7 nitrogen and oxygen atoms in total. The van der Waals surface area contributed by atoms with Gasteiger partial charge < -0.3 is 10.0 Å². The predicted molar refractivity (Wildman–Crippen MR) is 126 cm³/mol. The van der Waals surface area contributed by atoms with E-state index >= 15 is 0 Å². The number of aliphatic hydroxyl groups is 1. The van der Waals surface area contributed by atoms with Crippen molar-refractivity contribution >= 4 is 21.2 Å². The van der Waals surface area contributed by atoms with Crippen LogP contribution in [0.4, 0.5) is 11.4 Å². The van der Waals surface area contributed by atoms with Gasteiger partial charge in [-0.2, -0.15) is 0 Å². The highest BCUT2D eigenvalue weighted by molar-refractivity contribution is 7.91. The summed E-state index contributed by atoms with van der Waals surface area (Å²) in [5, 5.41) is 23.3.